The normalized spacial score (nSPS) is 46.3. The molecule has 0 spiro atoms. The van der Waals surface area contributed by atoms with Gasteiger partial charge in [-0.1, -0.05) is 0 Å². The molecule has 1 aliphatic carbocycles. The molecule has 0 radical (unpaired) electrons. The van der Waals surface area contributed by atoms with Crippen LogP contribution >= 0.6 is 0 Å². The van der Waals surface area contributed by atoms with Crippen LogP contribution in [0, 0.1) is 17.8 Å². The van der Waals surface area contributed by atoms with Crippen molar-refractivity contribution in [3.05, 3.63) is 0 Å². The maximum absolute atomic E-state index is 5.79. The molecule has 4 atom stereocenters. The van der Waals surface area contributed by atoms with E-state index in [1.54, 1.807) is 0 Å². The largest absolute Gasteiger partial charge is 0.353 e. The maximum Gasteiger partial charge on any atom is 0.157 e. The van der Waals surface area contributed by atoms with Crippen molar-refractivity contribution < 1.29 is 9.47 Å². The van der Waals surface area contributed by atoms with E-state index < -0.39 is 0 Å². The number of rotatable bonds is 3. The van der Waals surface area contributed by atoms with Crippen molar-refractivity contribution in [2.75, 3.05) is 26.3 Å². The Morgan fingerprint density at radius 2 is 2.07 bits per heavy atom. The third-order valence-corrected chi connectivity index (χ3v) is 3.88. The van der Waals surface area contributed by atoms with E-state index in [1.165, 1.54) is 25.9 Å². The number of fused-ring (bicyclic) bond motifs is 1. The van der Waals surface area contributed by atoms with E-state index in [9.17, 15) is 0 Å². The highest BCUT2D eigenvalue weighted by molar-refractivity contribution is 5.03. The molecular weight excluding hydrogens is 178 g/mol. The zero-order valence-electron chi connectivity index (χ0n) is 8.58. The van der Waals surface area contributed by atoms with Crippen LogP contribution in [0.3, 0.4) is 0 Å². The molecule has 0 bridgehead atoms. The second-order valence-electron chi connectivity index (χ2n) is 4.78. The van der Waals surface area contributed by atoms with Crippen LogP contribution in [0.2, 0.25) is 0 Å². The first-order valence-electron chi connectivity index (χ1n) is 5.89. The van der Waals surface area contributed by atoms with Crippen LogP contribution in [0.15, 0.2) is 0 Å². The summed E-state index contributed by atoms with van der Waals surface area (Å²) >= 11 is 0. The van der Waals surface area contributed by atoms with Crippen molar-refractivity contribution in [1.82, 2.24) is 5.32 Å². The van der Waals surface area contributed by atoms with Crippen molar-refractivity contribution >= 4 is 0 Å². The molecule has 0 aromatic rings. The summed E-state index contributed by atoms with van der Waals surface area (Å²) in [5, 5.41) is 3.40. The fourth-order valence-electron chi connectivity index (χ4n) is 2.85. The molecule has 14 heavy (non-hydrogen) atoms. The summed E-state index contributed by atoms with van der Waals surface area (Å²) in [7, 11) is 0. The smallest absolute Gasteiger partial charge is 0.157 e. The van der Waals surface area contributed by atoms with Gasteiger partial charge in [0, 0.05) is 6.61 Å². The molecule has 80 valence electrons. The molecule has 0 aromatic carbocycles. The predicted molar refractivity (Wildman–Crippen MR) is 52.9 cm³/mol. The van der Waals surface area contributed by atoms with Gasteiger partial charge in [-0.2, -0.15) is 0 Å². The Hall–Kier alpha value is -0.120. The Morgan fingerprint density at radius 3 is 2.79 bits per heavy atom. The molecule has 2 aliphatic heterocycles. The molecule has 0 amide bonds. The minimum Gasteiger partial charge on any atom is -0.353 e. The molecule has 1 saturated carbocycles. The number of nitrogens with one attached hydrogen (secondary N) is 1. The van der Waals surface area contributed by atoms with E-state index in [1.807, 2.05) is 0 Å². The standard InChI is InChI=1S/C11H19NO2/c1-2-4-13-11(3-1)14-7-10-8-5-12-6-9(8)10/h8-12H,1-7H2/t8-,9+,10+,11?. The molecule has 3 fully saturated rings. The molecule has 3 aliphatic rings. The Bertz CT molecular complexity index is 191. The molecular formula is C11H19NO2. The SMILES string of the molecule is C1CCC(OC[C@H]2[C@@H]3CNC[C@@H]32)OC1. The quantitative estimate of drug-likeness (QED) is 0.732. The van der Waals surface area contributed by atoms with Crippen LogP contribution in [0.5, 0.6) is 0 Å². The van der Waals surface area contributed by atoms with Gasteiger partial charge in [0.05, 0.1) is 6.61 Å². The topological polar surface area (TPSA) is 30.5 Å². The number of hydrogen-bond donors (Lipinski definition) is 1. The summed E-state index contributed by atoms with van der Waals surface area (Å²) in [6.45, 7) is 4.25. The number of hydrogen-bond acceptors (Lipinski definition) is 3. The Balaban J connectivity index is 1.38. The molecule has 3 heteroatoms. The van der Waals surface area contributed by atoms with Crippen LogP contribution in [0.4, 0.5) is 0 Å². The van der Waals surface area contributed by atoms with Gasteiger partial charge in [0.25, 0.3) is 0 Å². The van der Waals surface area contributed by atoms with Crippen molar-refractivity contribution in [3.8, 4) is 0 Å². The average molecular weight is 197 g/mol. The van der Waals surface area contributed by atoms with Gasteiger partial charge in [0.2, 0.25) is 0 Å². The van der Waals surface area contributed by atoms with Crippen LogP contribution in [-0.2, 0) is 9.47 Å². The molecule has 3 nitrogen and oxygen atoms in total. The monoisotopic (exact) mass is 197 g/mol. The van der Waals surface area contributed by atoms with Gasteiger partial charge in [-0.15, -0.1) is 0 Å². The van der Waals surface area contributed by atoms with E-state index in [2.05, 4.69) is 5.32 Å². The van der Waals surface area contributed by atoms with E-state index in [0.29, 0.717) is 0 Å². The average Bonchev–Trinajstić information content (AvgIpc) is 2.69. The molecule has 2 saturated heterocycles. The lowest BCUT2D eigenvalue weighted by atomic mass is 10.2. The highest BCUT2D eigenvalue weighted by atomic mass is 16.7. The molecule has 1 N–H and O–H groups in total. The van der Waals surface area contributed by atoms with Crippen molar-refractivity contribution in [2.24, 2.45) is 17.8 Å². The van der Waals surface area contributed by atoms with E-state index in [-0.39, 0.29) is 6.29 Å². The van der Waals surface area contributed by atoms with Crippen molar-refractivity contribution in [1.29, 1.82) is 0 Å². The summed E-state index contributed by atoms with van der Waals surface area (Å²) < 4.78 is 11.3. The molecule has 3 rings (SSSR count). The van der Waals surface area contributed by atoms with Crippen LogP contribution < -0.4 is 5.32 Å². The summed E-state index contributed by atoms with van der Waals surface area (Å²) in [5.74, 6) is 2.67. The zero-order valence-corrected chi connectivity index (χ0v) is 8.58. The lowest BCUT2D eigenvalue weighted by Crippen LogP contribution is -2.25. The van der Waals surface area contributed by atoms with Crippen LogP contribution in [0.1, 0.15) is 19.3 Å². The third kappa shape index (κ3) is 1.69. The minimum absolute atomic E-state index is 0.109. The minimum atomic E-state index is 0.109. The van der Waals surface area contributed by atoms with Crippen molar-refractivity contribution in [2.45, 2.75) is 25.6 Å². The lowest BCUT2D eigenvalue weighted by Gasteiger charge is -2.23. The van der Waals surface area contributed by atoms with E-state index in [4.69, 9.17) is 9.47 Å². The van der Waals surface area contributed by atoms with Crippen molar-refractivity contribution in [3.63, 3.8) is 0 Å². The van der Waals surface area contributed by atoms with Gasteiger partial charge in [-0.25, -0.2) is 0 Å². The second kappa shape index (κ2) is 3.80. The van der Waals surface area contributed by atoms with E-state index in [0.717, 1.165) is 37.4 Å². The summed E-state index contributed by atoms with van der Waals surface area (Å²) in [5.41, 5.74) is 0. The van der Waals surface area contributed by atoms with Crippen LogP contribution in [-0.4, -0.2) is 32.6 Å². The maximum atomic E-state index is 5.79. The Kier molecular flexibility index (Phi) is 2.48. The third-order valence-electron chi connectivity index (χ3n) is 3.88. The molecule has 0 aromatic heterocycles. The first kappa shape index (κ1) is 9.13. The first-order valence-corrected chi connectivity index (χ1v) is 5.89. The van der Waals surface area contributed by atoms with Crippen LogP contribution in [0.25, 0.3) is 0 Å². The lowest BCUT2D eigenvalue weighted by molar-refractivity contribution is -0.165. The van der Waals surface area contributed by atoms with Gasteiger partial charge in [-0.05, 0) is 50.1 Å². The highest BCUT2D eigenvalue weighted by Crippen LogP contribution is 2.48. The number of piperidine rings is 1. The van der Waals surface area contributed by atoms with Gasteiger partial charge in [0.15, 0.2) is 6.29 Å². The van der Waals surface area contributed by atoms with E-state index >= 15 is 0 Å². The number of ether oxygens (including phenoxy) is 2. The summed E-state index contributed by atoms with van der Waals surface area (Å²) in [6.07, 6.45) is 3.68. The Labute approximate surface area is 85.1 Å². The Morgan fingerprint density at radius 1 is 1.21 bits per heavy atom. The first-order chi connectivity index (χ1) is 6.95. The van der Waals surface area contributed by atoms with Gasteiger partial charge >= 0.3 is 0 Å². The highest BCUT2D eigenvalue weighted by Gasteiger charge is 2.52. The predicted octanol–water partition coefficient (Wildman–Crippen LogP) is 0.995. The summed E-state index contributed by atoms with van der Waals surface area (Å²) in [6, 6.07) is 0. The fraction of sp³-hybridized carbons (Fsp3) is 1.00. The zero-order chi connectivity index (χ0) is 9.38. The van der Waals surface area contributed by atoms with Gasteiger partial charge in [-0.3, -0.25) is 0 Å². The second-order valence-corrected chi connectivity index (χ2v) is 4.78. The molecule has 1 unspecified atom stereocenters. The van der Waals surface area contributed by atoms with Gasteiger partial charge < -0.3 is 14.8 Å². The van der Waals surface area contributed by atoms with Gasteiger partial charge in [0.1, 0.15) is 0 Å². The summed E-state index contributed by atoms with van der Waals surface area (Å²) in [4.78, 5) is 0. The fourth-order valence-corrected chi connectivity index (χ4v) is 2.85. The molecule has 2 heterocycles.